The number of β-amino-alcohol motifs (C(OH)–C–C–N with tert-alkyl or cyclic N) is 1. The van der Waals surface area contributed by atoms with E-state index in [1.165, 1.54) is 0 Å². The number of halogens is 2. The monoisotopic (exact) mass is 398 g/mol. The molecule has 144 valence electrons. The Morgan fingerprint density at radius 3 is 2.85 bits per heavy atom. The quantitative estimate of drug-likeness (QED) is 0.739. The topological polar surface area (TPSA) is 52.6 Å². The average Bonchev–Trinajstić information content (AvgIpc) is 3.03. The molecule has 6 heteroatoms. The third-order valence-electron chi connectivity index (χ3n) is 5.72. The van der Waals surface area contributed by atoms with E-state index in [1.807, 2.05) is 6.07 Å². The summed E-state index contributed by atoms with van der Waals surface area (Å²) in [7, 11) is 0. The van der Waals surface area contributed by atoms with Crippen molar-refractivity contribution >= 4 is 29.0 Å². The van der Waals surface area contributed by atoms with Gasteiger partial charge in [0.15, 0.2) is 0 Å². The molecule has 2 unspecified atom stereocenters. The first-order chi connectivity index (χ1) is 12.5. The highest BCUT2D eigenvalue weighted by Gasteiger charge is 2.35. The van der Waals surface area contributed by atoms with E-state index >= 15 is 0 Å². The highest BCUT2D eigenvalue weighted by Crippen LogP contribution is 2.35. The molecule has 2 fully saturated rings. The van der Waals surface area contributed by atoms with Crippen LogP contribution >= 0.6 is 23.2 Å². The van der Waals surface area contributed by atoms with Crippen molar-refractivity contribution in [2.75, 3.05) is 32.7 Å². The third-order valence-corrected chi connectivity index (χ3v) is 6.46. The summed E-state index contributed by atoms with van der Waals surface area (Å²) in [5.41, 5.74) is 0.949. The smallest absolute Gasteiger partial charge is 0.137 e. The van der Waals surface area contributed by atoms with E-state index in [0.717, 1.165) is 64.0 Å². The van der Waals surface area contributed by atoms with Crippen LogP contribution in [-0.4, -0.2) is 54.6 Å². The molecule has 26 heavy (non-hydrogen) atoms. The molecule has 3 rings (SSSR count). The molecule has 2 heterocycles. The normalized spacial score (nSPS) is 27.0. The van der Waals surface area contributed by atoms with Crippen LogP contribution in [0.5, 0.6) is 0 Å². The van der Waals surface area contributed by atoms with Crippen molar-refractivity contribution in [3.63, 3.8) is 0 Å². The Labute approximate surface area is 165 Å². The number of nitrogens with zero attached hydrogens (tertiary/aromatic N) is 1. The fourth-order valence-corrected chi connectivity index (χ4v) is 4.57. The molecule has 0 aromatic heterocycles. The number of Topliss-reactive ketones (excluding diaryl/α,β-unsaturated/α-hetero) is 1. The zero-order chi connectivity index (χ0) is 18.6. The molecule has 2 saturated heterocycles. The second-order valence-electron chi connectivity index (χ2n) is 7.91. The predicted molar refractivity (Wildman–Crippen MR) is 106 cm³/mol. The van der Waals surface area contributed by atoms with Crippen molar-refractivity contribution in [3.8, 4) is 0 Å². The second-order valence-corrected chi connectivity index (χ2v) is 8.73. The Balaban J connectivity index is 1.59. The van der Waals surface area contributed by atoms with E-state index in [1.54, 1.807) is 12.1 Å². The lowest BCUT2D eigenvalue weighted by Crippen LogP contribution is -2.43. The lowest BCUT2D eigenvalue weighted by atomic mass is 9.73. The fraction of sp³-hybridized carbons (Fsp3) is 0.650. The van der Waals surface area contributed by atoms with E-state index in [4.69, 9.17) is 23.2 Å². The third kappa shape index (κ3) is 5.43. The molecule has 2 atom stereocenters. The standard InChI is InChI=1S/C20H28Cl2N2O2/c21-18-3-2-15(11-19(18)22)10-17(26)12-20(5-1-7-23-14-20)6-9-24-8-4-16(25)13-24/h2-3,11,16,23,25H,1,4-10,12-14H2. The van der Waals surface area contributed by atoms with Crippen molar-refractivity contribution in [2.45, 2.75) is 44.6 Å². The summed E-state index contributed by atoms with van der Waals surface area (Å²) in [5.74, 6) is 0.258. The van der Waals surface area contributed by atoms with Gasteiger partial charge in [-0.05, 0) is 61.9 Å². The van der Waals surface area contributed by atoms with Gasteiger partial charge in [-0.1, -0.05) is 29.3 Å². The Morgan fingerprint density at radius 2 is 2.19 bits per heavy atom. The molecule has 2 aliphatic rings. The number of likely N-dealkylation sites (tertiary alicyclic amines) is 1. The minimum atomic E-state index is -0.188. The maximum atomic E-state index is 12.8. The molecule has 0 bridgehead atoms. The number of hydrogen-bond acceptors (Lipinski definition) is 4. The van der Waals surface area contributed by atoms with Gasteiger partial charge in [0.05, 0.1) is 16.1 Å². The molecule has 1 aromatic rings. The lowest BCUT2D eigenvalue weighted by Gasteiger charge is -2.38. The summed E-state index contributed by atoms with van der Waals surface area (Å²) in [5, 5.41) is 14.2. The first kappa shape index (κ1) is 20.1. The van der Waals surface area contributed by atoms with Crippen molar-refractivity contribution in [1.29, 1.82) is 0 Å². The van der Waals surface area contributed by atoms with Crippen LogP contribution in [0.4, 0.5) is 0 Å². The number of aliphatic hydroxyl groups is 1. The molecular formula is C20H28Cl2N2O2. The van der Waals surface area contributed by atoms with Crippen LogP contribution in [-0.2, 0) is 11.2 Å². The maximum Gasteiger partial charge on any atom is 0.137 e. The van der Waals surface area contributed by atoms with E-state index in [9.17, 15) is 9.90 Å². The Bertz CT molecular complexity index is 632. The number of aliphatic hydroxyl groups excluding tert-OH is 1. The summed E-state index contributed by atoms with van der Waals surface area (Å²) in [6.07, 6.45) is 4.87. The summed E-state index contributed by atoms with van der Waals surface area (Å²) >= 11 is 12.0. The van der Waals surface area contributed by atoms with Gasteiger partial charge in [-0.15, -0.1) is 0 Å². The number of piperidine rings is 1. The highest BCUT2D eigenvalue weighted by molar-refractivity contribution is 6.42. The zero-order valence-corrected chi connectivity index (χ0v) is 16.7. The summed E-state index contributed by atoms with van der Waals surface area (Å²) in [6.45, 7) is 4.61. The Kier molecular flexibility index (Phi) is 6.98. The molecule has 4 nitrogen and oxygen atoms in total. The molecule has 2 aliphatic heterocycles. The number of ketones is 1. The van der Waals surface area contributed by atoms with Gasteiger partial charge in [0.1, 0.15) is 5.78 Å². The highest BCUT2D eigenvalue weighted by atomic mass is 35.5. The Morgan fingerprint density at radius 1 is 1.35 bits per heavy atom. The second kappa shape index (κ2) is 9.03. The van der Waals surface area contributed by atoms with E-state index < -0.39 is 0 Å². The number of hydrogen-bond donors (Lipinski definition) is 2. The zero-order valence-electron chi connectivity index (χ0n) is 15.1. The van der Waals surface area contributed by atoms with Crippen LogP contribution in [0.15, 0.2) is 18.2 Å². The van der Waals surface area contributed by atoms with Crippen LogP contribution in [0.1, 0.15) is 37.7 Å². The van der Waals surface area contributed by atoms with Crippen molar-refractivity contribution < 1.29 is 9.90 Å². The SMILES string of the molecule is O=C(Cc1ccc(Cl)c(Cl)c1)CC1(CCN2CCC(O)C2)CCCNC1. The maximum absolute atomic E-state index is 12.8. The number of carbonyl (C=O) groups is 1. The van der Waals surface area contributed by atoms with Crippen LogP contribution < -0.4 is 5.32 Å². The molecule has 0 spiro atoms. The predicted octanol–water partition coefficient (Wildman–Crippen LogP) is 3.32. The first-order valence-corrected chi connectivity index (χ1v) is 10.3. The molecule has 0 saturated carbocycles. The van der Waals surface area contributed by atoms with Crippen LogP contribution in [0.25, 0.3) is 0 Å². The van der Waals surface area contributed by atoms with Crippen LogP contribution in [0, 0.1) is 5.41 Å². The van der Waals surface area contributed by atoms with E-state index in [0.29, 0.717) is 22.9 Å². The van der Waals surface area contributed by atoms with Gasteiger partial charge < -0.3 is 15.3 Å². The van der Waals surface area contributed by atoms with E-state index in [2.05, 4.69) is 10.2 Å². The van der Waals surface area contributed by atoms with Crippen LogP contribution in [0.3, 0.4) is 0 Å². The summed E-state index contributed by atoms with van der Waals surface area (Å²) < 4.78 is 0. The number of benzene rings is 1. The van der Waals surface area contributed by atoms with Gasteiger partial charge >= 0.3 is 0 Å². The van der Waals surface area contributed by atoms with Crippen molar-refractivity contribution in [1.82, 2.24) is 10.2 Å². The summed E-state index contributed by atoms with van der Waals surface area (Å²) in [6, 6.07) is 5.42. The average molecular weight is 399 g/mol. The molecule has 2 N–H and O–H groups in total. The van der Waals surface area contributed by atoms with Gasteiger partial charge in [0, 0.05) is 32.5 Å². The first-order valence-electron chi connectivity index (χ1n) is 9.53. The fourth-order valence-electron chi connectivity index (χ4n) is 4.25. The number of carbonyl (C=O) groups excluding carboxylic acids is 1. The van der Waals surface area contributed by atoms with Crippen molar-refractivity contribution in [2.24, 2.45) is 5.41 Å². The molecule has 0 aliphatic carbocycles. The molecule has 0 amide bonds. The van der Waals surface area contributed by atoms with E-state index in [-0.39, 0.29) is 17.3 Å². The largest absolute Gasteiger partial charge is 0.392 e. The Hall–Kier alpha value is -0.650. The number of nitrogens with one attached hydrogen (secondary N) is 1. The number of rotatable bonds is 7. The molecular weight excluding hydrogens is 371 g/mol. The van der Waals surface area contributed by atoms with Gasteiger partial charge in [0.2, 0.25) is 0 Å². The summed E-state index contributed by atoms with van der Waals surface area (Å²) in [4.78, 5) is 15.1. The minimum Gasteiger partial charge on any atom is -0.392 e. The van der Waals surface area contributed by atoms with Crippen molar-refractivity contribution in [3.05, 3.63) is 33.8 Å². The van der Waals surface area contributed by atoms with Gasteiger partial charge in [-0.2, -0.15) is 0 Å². The molecule has 0 radical (unpaired) electrons. The van der Waals surface area contributed by atoms with Crippen LogP contribution in [0.2, 0.25) is 10.0 Å². The van der Waals surface area contributed by atoms with Gasteiger partial charge in [-0.3, -0.25) is 4.79 Å². The van der Waals surface area contributed by atoms with Gasteiger partial charge in [-0.25, -0.2) is 0 Å². The molecule has 1 aromatic carbocycles. The van der Waals surface area contributed by atoms with Gasteiger partial charge in [0.25, 0.3) is 0 Å². The lowest BCUT2D eigenvalue weighted by molar-refractivity contribution is -0.121. The minimum absolute atomic E-state index is 0.0269.